The van der Waals surface area contributed by atoms with Crippen LogP contribution in [-0.4, -0.2) is 111 Å². The molecule has 0 N–H and O–H groups in total. The van der Waals surface area contributed by atoms with Crippen molar-refractivity contribution < 1.29 is 28.2 Å². The first-order valence-corrected chi connectivity index (χ1v) is 13.9. The molecule has 0 aliphatic carbocycles. The average Bonchev–Trinajstić information content (AvgIpc) is 2.98. The van der Waals surface area contributed by atoms with Gasteiger partial charge in [0.25, 0.3) is 0 Å². The van der Waals surface area contributed by atoms with E-state index >= 15 is 0 Å². The van der Waals surface area contributed by atoms with Crippen molar-refractivity contribution in [3.8, 4) is 11.8 Å². The van der Waals surface area contributed by atoms with Crippen LogP contribution in [0.5, 0.6) is 5.75 Å². The van der Waals surface area contributed by atoms with Gasteiger partial charge in [-0.15, -0.1) is 0 Å². The van der Waals surface area contributed by atoms with Crippen molar-refractivity contribution in [2.75, 3.05) is 84.1 Å². The first-order valence-electron chi connectivity index (χ1n) is 13.9. The number of ether oxygens (including phenoxy) is 3. The fourth-order valence-electron chi connectivity index (χ4n) is 5.00. The summed E-state index contributed by atoms with van der Waals surface area (Å²) in [6.45, 7) is 10.5. The first-order chi connectivity index (χ1) is 19.8. The van der Waals surface area contributed by atoms with Crippen LogP contribution in [0.15, 0.2) is 24.3 Å². The van der Waals surface area contributed by atoms with Crippen LogP contribution >= 0.6 is 0 Å². The number of nitrogens with zero attached hydrogens (tertiary/aromatic N) is 6. The van der Waals surface area contributed by atoms with E-state index in [2.05, 4.69) is 20.9 Å². The zero-order chi connectivity index (χ0) is 29.4. The smallest absolute Gasteiger partial charge is 0.409 e. The molecule has 0 bridgehead atoms. The second-order valence-electron chi connectivity index (χ2n) is 10.00. The largest absolute Gasteiger partial charge is 0.494 e. The Kier molecular flexibility index (Phi) is 10.3. The first kappa shape index (κ1) is 30.0. The number of carbonyl (C=O) groups is 2. The molecule has 41 heavy (non-hydrogen) atoms. The van der Waals surface area contributed by atoms with E-state index in [-0.39, 0.29) is 29.8 Å². The lowest BCUT2D eigenvalue weighted by atomic mass is 10.1. The maximum absolute atomic E-state index is 14.0. The third-order valence-corrected chi connectivity index (χ3v) is 7.37. The summed E-state index contributed by atoms with van der Waals surface area (Å²) in [6.07, 6.45) is -0.362. The molecule has 2 saturated heterocycles. The maximum Gasteiger partial charge on any atom is 0.409 e. The van der Waals surface area contributed by atoms with Gasteiger partial charge in [-0.25, -0.2) is 19.0 Å². The lowest BCUT2D eigenvalue weighted by Crippen LogP contribution is -2.50. The summed E-state index contributed by atoms with van der Waals surface area (Å²) in [4.78, 5) is 37.9. The zero-order valence-electron chi connectivity index (χ0n) is 23.9. The van der Waals surface area contributed by atoms with Gasteiger partial charge in [0, 0.05) is 65.4 Å². The van der Waals surface area contributed by atoms with Gasteiger partial charge >= 0.3 is 12.1 Å². The normalized spacial score (nSPS) is 16.3. The molecule has 2 aliphatic rings. The van der Waals surface area contributed by atoms with E-state index < -0.39 is 5.97 Å². The third-order valence-electron chi connectivity index (χ3n) is 7.37. The number of nitriles is 1. The SMILES string of the molecule is CCOC(=O)c1cc(C#N)c(C)nc1N1CCN(C(=O)OCCN2CCN(Cc3ccc(OC)c(F)c3)CC2)CC1. The number of pyridine rings is 1. The fraction of sp³-hybridized carbons (Fsp3) is 0.517. The Labute approximate surface area is 240 Å². The second-order valence-corrected chi connectivity index (χ2v) is 10.00. The number of rotatable bonds is 9. The van der Waals surface area contributed by atoms with Gasteiger partial charge in [-0.1, -0.05) is 6.07 Å². The average molecular weight is 569 g/mol. The standard InChI is InChI=1S/C29H37FN6O5/c1-4-40-28(37)24-18-23(19-31)21(2)32-27(24)35-11-13-36(14-12-35)29(38)41-16-15-33-7-9-34(10-8-33)20-22-5-6-26(39-3)25(30)17-22/h5-6,17-18H,4,7-16,20H2,1-3H3. The van der Waals surface area contributed by atoms with Crippen LogP contribution in [0.3, 0.4) is 0 Å². The van der Waals surface area contributed by atoms with Gasteiger partial charge in [0.2, 0.25) is 0 Å². The topological polar surface area (TPSA) is 111 Å². The minimum Gasteiger partial charge on any atom is -0.494 e. The Hall–Kier alpha value is -3.95. The number of hydrogen-bond donors (Lipinski definition) is 0. The Balaban J connectivity index is 1.20. The maximum atomic E-state index is 14.0. The number of methoxy groups -OCH3 is 1. The van der Waals surface area contributed by atoms with E-state index in [0.717, 1.165) is 31.7 Å². The molecule has 11 nitrogen and oxygen atoms in total. The van der Waals surface area contributed by atoms with Crippen molar-refractivity contribution in [3.63, 3.8) is 0 Å². The van der Waals surface area contributed by atoms with Crippen molar-refractivity contribution in [1.82, 2.24) is 19.7 Å². The number of carbonyl (C=O) groups excluding carboxylic acids is 2. The van der Waals surface area contributed by atoms with Crippen LogP contribution in [0.1, 0.15) is 34.1 Å². The van der Waals surface area contributed by atoms with Crippen molar-refractivity contribution in [3.05, 3.63) is 52.5 Å². The van der Waals surface area contributed by atoms with Gasteiger partial charge in [0.15, 0.2) is 11.6 Å². The van der Waals surface area contributed by atoms with Gasteiger partial charge in [-0.2, -0.15) is 5.26 Å². The molecule has 0 unspecified atom stereocenters. The summed E-state index contributed by atoms with van der Waals surface area (Å²) in [5, 5.41) is 9.36. The van der Waals surface area contributed by atoms with Crippen LogP contribution in [0.25, 0.3) is 0 Å². The molecule has 1 aromatic carbocycles. The van der Waals surface area contributed by atoms with Crippen LogP contribution < -0.4 is 9.64 Å². The predicted molar refractivity (Wildman–Crippen MR) is 149 cm³/mol. The molecule has 0 spiro atoms. The third kappa shape index (κ3) is 7.62. The number of halogens is 1. The predicted octanol–water partition coefficient (Wildman–Crippen LogP) is 2.66. The Morgan fingerprint density at radius 1 is 1.02 bits per heavy atom. The summed E-state index contributed by atoms with van der Waals surface area (Å²) in [5.74, 6) is -0.168. The van der Waals surface area contributed by atoms with E-state index in [1.165, 1.54) is 19.2 Å². The summed E-state index contributed by atoms with van der Waals surface area (Å²) in [5.41, 5.74) is 2.02. The highest BCUT2D eigenvalue weighted by molar-refractivity contribution is 5.95. The van der Waals surface area contributed by atoms with E-state index in [9.17, 15) is 19.2 Å². The van der Waals surface area contributed by atoms with Gasteiger partial charge in [0.1, 0.15) is 24.1 Å². The molecule has 2 fully saturated rings. The highest BCUT2D eigenvalue weighted by Crippen LogP contribution is 2.24. The highest BCUT2D eigenvalue weighted by atomic mass is 19.1. The number of hydrogen-bond acceptors (Lipinski definition) is 10. The second kappa shape index (κ2) is 14.1. The number of piperazine rings is 2. The molecule has 1 amide bonds. The molecular formula is C29H37FN6O5. The molecule has 220 valence electrons. The van der Waals surface area contributed by atoms with Crippen molar-refractivity contribution in [2.24, 2.45) is 0 Å². The van der Waals surface area contributed by atoms with Crippen LogP contribution in [-0.2, 0) is 16.0 Å². The van der Waals surface area contributed by atoms with E-state index in [4.69, 9.17) is 14.2 Å². The molecule has 0 radical (unpaired) electrons. The van der Waals surface area contributed by atoms with Crippen molar-refractivity contribution in [2.45, 2.75) is 20.4 Å². The molecular weight excluding hydrogens is 531 g/mol. The molecule has 2 aromatic rings. The summed E-state index contributed by atoms with van der Waals surface area (Å²) < 4.78 is 29.7. The van der Waals surface area contributed by atoms with Crippen molar-refractivity contribution >= 4 is 17.9 Å². The molecule has 12 heteroatoms. The lowest BCUT2D eigenvalue weighted by molar-refractivity contribution is 0.0525. The number of esters is 1. The Bertz CT molecular complexity index is 1270. The summed E-state index contributed by atoms with van der Waals surface area (Å²) >= 11 is 0. The minimum absolute atomic E-state index is 0.217. The monoisotopic (exact) mass is 568 g/mol. The zero-order valence-corrected chi connectivity index (χ0v) is 23.9. The minimum atomic E-state index is -0.524. The Morgan fingerprint density at radius 2 is 1.73 bits per heavy atom. The molecule has 1 aromatic heterocycles. The summed E-state index contributed by atoms with van der Waals surface area (Å²) in [7, 11) is 1.45. The number of benzene rings is 1. The number of amides is 1. The summed E-state index contributed by atoms with van der Waals surface area (Å²) in [6, 6.07) is 8.64. The van der Waals surface area contributed by atoms with E-state index in [1.54, 1.807) is 24.8 Å². The number of aryl methyl sites for hydroxylation is 1. The van der Waals surface area contributed by atoms with Gasteiger partial charge in [-0.05, 0) is 37.6 Å². The van der Waals surface area contributed by atoms with E-state index in [0.29, 0.717) is 63.0 Å². The van der Waals surface area contributed by atoms with Gasteiger partial charge in [0.05, 0.1) is 25.0 Å². The fourth-order valence-corrected chi connectivity index (χ4v) is 5.00. The molecule has 4 rings (SSSR count). The van der Waals surface area contributed by atoms with Crippen LogP contribution in [0.4, 0.5) is 15.0 Å². The highest BCUT2D eigenvalue weighted by Gasteiger charge is 2.27. The van der Waals surface area contributed by atoms with E-state index in [1.807, 2.05) is 11.0 Å². The lowest BCUT2D eigenvalue weighted by Gasteiger charge is -2.36. The van der Waals surface area contributed by atoms with Crippen molar-refractivity contribution in [1.29, 1.82) is 5.26 Å². The number of anilines is 1. The molecule has 2 aliphatic heterocycles. The molecule has 3 heterocycles. The van der Waals surface area contributed by atoms with Gasteiger partial charge in [-0.3, -0.25) is 9.80 Å². The van der Waals surface area contributed by atoms with Crippen LogP contribution in [0.2, 0.25) is 0 Å². The quantitative estimate of drug-likeness (QED) is 0.419. The molecule has 0 atom stereocenters. The Morgan fingerprint density at radius 3 is 2.37 bits per heavy atom. The van der Waals surface area contributed by atoms with Gasteiger partial charge < -0.3 is 24.0 Å². The molecule has 0 saturated carbocycles. The number of aromatic nitrogens is 1. The van der Waals surface area contributed by atoms with Crippen LogP contribution in [0, 0.1) is 24.1 Å².